The van der Waals surface area contributed by atoms with E-state index in [0.717, 1.165) is 5.56 Å². The van der Waals surface area contributed by atoms with Gasteiger partial charge in [-0.3, -0.25) is 4.79 Å². The van der Waals surface area contributed by atoms with E-state index in [4.69, 9.17) is 0 Å². The Morgan fingerprint density at radius 1 is 1.33 bits per heavy atom. The van der Waals surface area contributed by atoms with Gasteiger partial charge >= 0.3 is 0 Å². The van der Waals surface area contributed by atoms with Crippen LogP contribution in [0.3, 0.4) is 0 Å². The molecule has 0 bridgehead atoms. The molecule has 9 heteroatoms. The van der Waals surface area contributed by atoms with E-state index in [9.17, 15) is 9.18 Å². The maximum Gasteiger partial charge on any atom is 0.239 e. The van der Waals surface area contributed by atoms with Crippen molar-refractivity contribution in [3.63, 3.8) is 0 Å². The fourth-order valence-corrected chi connectivity index (χ4v) is 3.32. The molecule has 1 N–H and O–H groups in total. The molecule has 0 saturated carbocycles. The number of aromatic nitrogens is 4. The summed E-state index contributed by atoms with van der Waals surface area (Å²) in [6.07, 6.45) is 1.63. The van der Waals surface area contributed by atoms with Gasteiger partial charge in [0.25, 0.3) is 0 Å². The van der Waals surface area contributed by atoms with Gasteiger partial charge < -0.3 is 9.88 Å². The number of hydrogen-bond donors (Lipinski definition) is 1. The summed E-state index contributed by atoms with van der Waals surface area (Å²) in [6, 6.07) is 6.04. The SMILES string of the molecule is C[C@@H](Sc1nnc(-c2ccc(F)cc2)n1C)C(=O)Nc1nccs1. The third-order valence-electron chi connectivity index (χ3n) is 3.25. The number of thioether (sulfide) groups is 1. The number of hydrogen-bond acceptors (Lipinski definition) is 6. The minimum atomic E-state index is -0.363. The highest BCUT2D eigenvalue weighted by atomic mass is 32.2. The van der Waals surface area contributed by atoms with Crippen LogP contribution in [-0.2, 0) is 11.8 Å². The first-order chi connectivity index (χ1) is 11.5. The van der Waals surface area contributed by atoms with Gasteiger partial charge in [-0.1, -0.05) is 11.8 Å². The van der Waals surface area contributed by atoms with Crippen molar-refractivity contribution in [3.8, 4) is 11.4 Å². The van der Waals surface area contributed by atoms with E-state index in [1.165, 1.54) is 35.2 Å². The highest BCUT2D eigenvalue weighted by molar-refractivity contribution is 8.00. The minimum absolute atomic E-state index is 0.152. The molecule has 0 spiro atoms. The third kappa shape index (κ3) is 3.62. The van der Waals surface area contributed by atoms with Gasteiger partial charge in [0.15, 0.2) is 16.1 Å². The average Bonchev–Trinajstić information content (AvgIpc) is 3.19. The van der Waals surface area contributed by atoms with Crippen LogP contribution in [0.4, 0.5) is 9.52 Å². The molecule has 1 atom stereocenters. The van der Waals surface area contributed by atoms with Crippen LogP contribution in [0.1, 0.15) is 6.92 Å². The van der Waals surface area contributed by atoms with Gasteiger partial charge in [0.2, 0.25) is 5.91 Å². The first-order valence-corrected chi connectivity index (χ1v) is 8.83. The molecule has 2 heterocycles. The van der Waals surface area contributed by atoms with Crippen molar-refractivity contribution >= 4 is 34.1 Å². The second-order valence-electron chi connectivity index (χ2n) is 4.96. The Kier molecular flexibility index (Phi) is 4.91. The maximum atomic E-state index is 13.0. The summed E-state index contributed by atoms with van der Waals surface area (Å²) < 4.78 is 14.8. The summed E-state index contributed by atoms with van der Waals surface area (Å²) in [5, 5.41) is 13.6. The predicted molar refractivity (Wildman–Crippen MR) is 92.5 cm³/mol. The van der Waals surface area contributed by atoms with Crippen molar-refractivity contribution in [1.29, 1.82) is 0 Å². The van der Waals surface area contributed by atoms with Gasteiger partial charge in [-0.25, -0.2) is 9.37 Å². The highest BCUT2D eigenvalue weighted by Gasteiger charge is 2.20. The summed E-state index contributed by atoms with van der Waals surface area (Å²) in [6.45, 7) is 1.79. The second kappa shape index (κ2) is 7.10. The van der Waals surface area contributed by atoms with Crippen LogP contribution in [-0.4, -0.2) is 30.9 Å². The zero-order valence-electron chi connectivity index (χ0n) is 12.9. The molecule has 0 aliphatic heterocycles. The molecule has 0 unspecified atom stereocenters. The monoisotopic (exact) mass is 363 g/mol. The Morgan fingerprint density at radius 2 is 2.08 bits per heavy atom. The Bertz CT molecular complexity index is 832. The summed E-state index contributed by atoms with van der Waals surface area (Å²) in [5.41, 5.74) is 0.762. The lowest BCUT2D eigenvalue weighted by molar-refractivity contribution is -0.115. The number of nitrogens with zero attached hydrogens (tertiary/aromatic N) is 4. The van der Waals surface area contributed by atoms with Crippen LogP contribution in [0.2, 0.25) is 0 Å². The molecule has 0 aliphatic rings. The largest absolute Gasteiger partial charge is 0.305 e. The fraction of sp³-hybridized carbons (Fsp3) is 0.200. The molecule has 0 radical (unpaired) electrons. The van der Waals surface area contributed by atoms with E-state index < -0.39 is 0 Å². The lowest BCUT2D eigenvalue weighted by atomic mass is 10.2. The molecule has 6 nitrogen and oxygen atoms in total. The van der Waals surface area contributed by atoms with Crippen LogP contribution in [0.5, 0.6) is 0 Å². The fourth-order valence-electron chi connectivity index (χ4n) is 1.97. The molecular weight excluding hydrogens is 349 g/mol. The molecule has 24 heavy (non-hydrogen) atoms. The van der Waals surface area contributed by atoms with Crippen LogP contribution < -0.4 is 5.32 Å². The smallest absolute Gasteiger partial charge is 0.239 e. The molecule has 1 amide bonds. The van der Waals surface area contributed by atoms with Gasteiger partial charge in [-0.15, -0.1) is 21.5 Å². The third-order valence-corrected chi connectivity index (χ3v) is 5.07. The molecule has 0 aliphatic carbocycles. The minimum Gasteiger partial charge on any atom is -0.305 e. The number of carbonyl (C=O) groups is 1. The van der Waals surface area contributed by atoms with Crippen molar-refractivity contribution in [2.24, 2.45) is 7.05 Å². The van der Waals surface area contributed by atoms with Crippen LogP contribution >= 0.6 is 23.1 Å². The molecule has 2 aromatic heterocycles. The second-order valence-corrected chi connectivity index (χ2v) is 7.16. The summed E-state index contributed by atoms with van der Waals surface area (Å²) in [7, 11) is 1.81. The van der Waals surface area contributed by atoms with Crippen LogP contribution in [0.15, 0.2) is 41.0 Å². The van der Waals surface area contributed by atoms with Crippen molar-refractivity contribution in [2.75, 3.05) is 5.32 Å². The number of thiazole rings is 1. The predicted octanol–water partition coefficient (Wildman–Crippen LogP) is 3.20. The van der Waals surface area contributed by atoms with Gasteiger partial charge in [-0.05, 0) is 31.2 Å². The zero-order chi connectivity index (χ0) is 17.1. The number of carbonyl (C=O) groups excluding carboxylic acids is 1. The van der Waals surface area contributed by atoms with E-state index in [1.807, 2.05) is 7.05 Å². The van der Waals surface area contributed by atoms with E-state index >= 15 is 0 Å². The standard InChI is InChI=1S/C15H14FN5OS2/c1-9(13(22)18-14-17-7-8-23-14)24-15-20-19-12(21(15)2)10-3-5-11(16)6-4-10/h3-9H,1-2H3,(H,17,18,22)/t9-/m1/s1. The molecule has 3 aromatic rings. The van der Waals surface area contributed by atoms with E-state index in [-0.39, 0.29) is 17.0 Å². The van der Waals surface area contributed by atoms with Gasteiger partial charge in [0, 0.05) is 24.2 Å². The summed E-state index contributed by atoms with van der Waals surface area (Å²) in [5.74, 6) is 0.161. The van der Waals surface area contributed by atoms with Crippen LogP contribution in [0, 0.1) is 5.82 Å². The molecular formula is C15H14FN5OS2. The molecule has 0 saturated heterocycles. The zero-order valence-corrected chi connectivity index (χ0v) is 14.6. The van der Waals surface area contributed by atoms with E-state index in [2.05, 4.69) is 20.5 Å². The number of rotatable bonds is 5. The van der Waals surface area contributed by atoms with Crippen molar-refractivity contribution in [1.82, 2.24) is 19.7 Å². The van der Waals surface area contributed by atoms with Gasteiger partial charge in [0.1, 0.15) is 5.82 Å². The van der Waals surface area contributed by atoms with Crippen LogP contribution in [0.25, 0.3) is 11.4 Å². The maximum absolute atomic E-state index is 13.0. The van der Waals surface area contributed by atoms with Crippen molar-refractivity contribution in [3.05, 3.63) is 41.7 Å². The first-order valence-electron chi connectivity index (χ1n) is 7.07. The van der Waals surface area contributed by atoms with Gasteiger partial charge in [0.05, 0.1) is 5.25 Å². The Labute approximate surface area is 146 Å². The number of nitrogens with one attached hydrogen (secondary N) is 1. The molecule has 3 rings (SSSR count). The number of anilines is 1. The number of benzene rings is 1. The summed E-state index contributed by atoms with van der Waals surface area (Å²) >= 11 is 2.66. The summed E-state index contributed by atoms with van der Waals surface area (Å²) in [4.78, 5) is 16.2. The van der Waals surface area contributed by atoms with E-state index in [1.54, 1.807) is 35.2 Å². The van der Waals surface area contributed by atoms with Gasteiger partial charge in [-0.2, -0.15) is 0 Å². The molecule has 124 valence electrons. The molecule has 0 fully saturated rings. The number of halogens is 1. The van der Waals surface area contributed by atoms with Crippen molar-refractivity contribution < 1.29 is 9.18 Å². The topological polar surface area (TPSA) is 72.7 Å². The lowest BCUT2D eigenvalue weighted by Gasteiger charge is -2.10. The Morgan fingerprint density at radius 3 is 2.75 bits per heavy atom. The highest BCUT2D eigenvalue weighted by Crippen LogP contribution is 2.26. The lowest BCUT2D eigenvalue weighted by Crippen LogP contribution is -2.22. The molecule has 1 aromatic carbocycles. The normalized spacial score (nSPS) is 12.1. The Balaban J connectivity index is 1.71. The average molecular weight is 363 g/mol. The van der Waals surface area contributed by atoms with E-state index in [0.29, 0.717) is 16.1 Å². The number of amides is 1. The quantitative estimate of drug-likeness (QED) is 0.705. The van der Waals surface area contributed by atoms with Crippen molar-refractivity contribution in [2.45, 2.75) is 17.3 Å². The first kappa shape index (κ1) is 16.6. The Hall–Kier alpha value is -2.26.